The SMILES string of the molecule is C=CCn1c(=S)sc2c(=O)n(CC(=O)NCc3ccccc3C)cnc21. The molecule has 26 heavy (non-hydrogen) atoms. The molecule has 0 saturated heterocycles. The second-order valence-corrected chi connectivity index (χ2v) is 7.45. The average molecular weight is 387 g/mol. The Labute approximate surface area is 159 Å². The van der Waals surface area contributed by atoms with Gasteiger partial charge in [-0.3, -0.25) is 14.2 Å². The van der Waals surface area contributed by atoms with E-state index in [4.69, 9.17) is 12.2 Å². The molecule has 0 radical (unpaired) electrons. The molecular weight excluding hydrogens is 368 g/mol. The van der Waals surface area contributed by atoms with Gasteiger partial charge in [0.2, 0.25) is 5.91 Å². The van der Waals surface area contributed by atoms with Crippen molar-refractivity contribution in [1.29, 1.82) is 0 Å². The van der Waals surface area contributed by atoms with Crippen LogP contribution in [0.4, 0.5) is 0 Å². The van der Waals surface area contributed by atoms with Crippen molar-refractivity contribution in [3.63, 3.8) is 0 Å². The fraction of sp³-hybridized carbons (Fsp3) is 0.222. The molecule has 0 aliphatic rings. The van der Waals surface area contributed by atoms with Crippen LogP contribution < -0.4 is 10.9 Å². The van der Waals surface area contributed by atoms with Gasteiger partial charge in [-0.2, -0.15) is 0 Å². The van der Waals surface area contributed by atoms with Crippen molar-refractivity contribution in [2.45, 2.75) is 26.6 Å². The molecule has 2 heterocycles. The van der Waals surface area contributed by atoms with E-state index in [1.54, 1.807) is 10.6 Å². The van der Waals surface area contributed by atoms with Gasteiger partial charge in [0.15, 0.2) is 9.60 Å². The van der Waals surface area contributed by atoms with E-state index in [0.717, 1.165) is 11.1 Å². The predicted octanol–water partition coefficient (Wildman–Crippen LogP) is 2.80. The highest BCUT2D eigenvalue weighted by Crippen LogP contribution is 2.17. The normalized spacial score (nSPS) is 10.8. The Balaban J connectivity index is 1.78. The van der Waals surface area contributed by atoms with Gasteiger partial charge in [0, 0.05) is 13.1 Å². The molecule has 0 fully saturated rings. The molecule has 0 aliphatic carbocycles. The summed E-state index contributed by atoms with van der Waals surface area (Å²) in [5.74, 6) is -0.245. The number of nitrogens with zero attached hydrogens (tertiary/aromatic N) is 3. The van der Waals surface area contributed by atoms with Crippen molar-refractivity contribution >= 4 is 39.8 Å². The molecule has 3 rings (SSSR count). The summed E-state index contributed by atoms with van der Waals surface area (Å²) in [7, 11) is 0. The van der Waals surface area contributed by atoms with Crippen LogP contribution in [0.1, 0.15) is 11.1 Å². The van der Waals surface area contributed by atoms with Gasteiger partial charge in [-0.15, -0.1) is 6.58 Å². The van der Waals surface area contributed by atoms with E-state index >= 15 is 0 Å². The Morgan fingerprint density at radius 1 is 1.42 bits per heavy atom. The lowest BCUT2D eigenvalue weighted by Crippen LogP contribution is -2.32. The van der Waals surface area contributed by atoms with Crippen LogP contribution in [0.5, 0.6) is 0 Å². The quantitative estimate of drug-likeness (QED) is 0.522. The van der Waals surface area contributed by atoms with Crippen LogP contribution in [0.3, 0.4) is 0 Å². The first kappa shape index (κ1) is 18.2. The number of rotatable bonds is 6. The number of aryl methyl sites for hydroxylation is 1. The van der Waals surface area contributed by atoms with E-state index in [1.165, 1.54) is 22.2 Å². The van der Waals surface area contributed by atoms with Gasteiger partial charge in [0.25, 0.3) is 5.56 Å². The van der Waals surface area contributed by atoms with Crippen molar-refractivity contribution in [3.8, 4) is 0 Å². The number of aromatic nitrogens is 3. The van der Waals surface area contributed by atoms with Crippen LogP contribution in [0, 0.1) is 10.9 Å². The van der Waals surface area contributed by atoms with Gasteiger partial charge in [-0.05, 0) is 30.3 Å². The zero-order chi connectivity index (χ0) is 18.7. The van der Waals surface area contributed by atoms with Crippen molar-refractivity contribution in [2.75, 3.05) is 0 Å². The highest BCUT2D eigenvalue weighted by Gasteiger charge is 2.13. The second kappa shape index (κ2) is 7.76. The minimum Gasteiger partial charge on any atom is -0.350 e. The van der Waals surface area contributed by atoms with E-state index in [9.17, 15) is 9.59 Å². The fourth-order valence-electron chi connectivity index (χ4n) is 2.59. The number of nitrogens with one attached hydrogen (secondary N) is 1. The Hall–Kier alpha value is -2.58. The van der Waals surface area contributed by atoms with Gasteiger partial charge in [-0.1, -0.05) is 41.7 Å². The van der Waals surface area contributed by atoms with Crippen LogP contribution in [0.15, 0.2) is 48.0 Å². The Kier molecular flexibility index (Phi) is 5.43. The van der Waals surface area contributed by atoms with Crippen LogP contribution in [-0.4, -0.2) is 20.0 Å². The third-order valence-electron chi connectivity index (χ3n) is 4.01. The number of fused-ring (bicyclic) bond motifs is 1. The Morgan fingerprint density at radius 2 is 2.19 bits per heavy atom. The number of carbonyl (C=O) groups excluding carboxylic acids is 1. The molecule has 0 spiro atoms. The molecule has 0 aliphatic heterocycles. The van der Waals surface area contributed by atoms with Crippen LogP contribution in [0.2, 0.25) is 0 Å². The summed E-state index contributed by atoms with van der Waals surface area (Å²) in [6, 6.07) is 7.84. The first-order chi connectivity index (χ1) is 12.5. The summed E-state index contributed by atoms with van der Waals surface area (Å²) in [6.07, 6.45) is 3.09. The minimum atomic E-state index is -0.264. The first-order valence-electron chi connectivity index (χ1n) is 8.02. The summed E-state index contributed by atoms with van der Waals surface area (Å²) in [6.45, 7) is 6.51. The van der Waals surface area contributed by atoms with E-state index in [-0.39, 0.29) is 18.0 Å². The van der Waals surface area contributed by atoms with E-state index in [1.807, 2.05) is 31.2 Å². The number of thiazole rings is 1. The number of hydrogen-bond acceptors (Lipinski definition) is 5. The standard InChI is InChI=1S/C18H18N4O2S2/c1-3-8-22-16-15(26-18(22)25)17(24)21(11-20-16)10-14(23)19-9-13-7-5-4-6-12(13)2/h3-7,11H,1,8-10H2,2H3,(H,19,23). The molecule has 0 saturated carbocycles. The first-order valence-corrected chi connectivity index (χ1v) is 9.24. The highest BCUT2D eigenvalue weighted by molar-refractivity contribution is 7.73. The third kappa shape index (κ3) is 3.66. The van der Waals surface area contributed by atoms with Crippen molar-refractivity contribution in [1.82, 2.24) is 19.4 Å². The maximum atomic E-state index is 12.6. The maximum Gasteiger partial charge on any atom is 0.273 e. The molecule has 0 bridgehead atoms. The van der Waals surface area contributed by atoms with Crippen LogP contribution in [0.25, 0.3) is 10.3 Å². The molecular formula is C18H18N4O2S2. The highest BCUT2D eigenvalue weighted by atomic mass is 32.1. The largest absolute Gasteiger partial charge is 0.350 e. The smallest absolute Gasteiger partial charge is 0.273 e. The lowest BCUT2D eigenvalue weighted by molar-refractivity contribution is -0.121. The number of hydrogen-bond donors (Lipinski definition) is 1. The van der Waals surface area contributed by atoms with Crippen molar-refractivity contribution in [2.24, 2.45) is 0 Å². The lowest BCUT2D eigenvalue weighted by atomic mass is 10.1. The number of carbonyl (C=O) groups is 1. The zero-order valence-electron chi connectivity index (χ0n) is 14.3. The summed E-state index contributed by atoms with van der Waals surface area (Å²) in [4.78, 5) is 29.2. The molecule has 8 heteroatoms. The van der Waals surface area contributed by atoms with Gasteiger partial charge in [0.05, 0.1) is 0 Å². The maximum absolute atomic E-state index is 12.6. The zero-order valence-corrected chi connectivity index (χ0v) is 15.9. The number of benzene rings is 1. The minimum absolute atomic E-state index is 0.0836. The van der Waals surface area contributed by atoms with Crippen molar-refractivity contribution < 1.29 is 4.79 Å². The van der Waals surface area contributed by atoms with E-state index < -0.39 is 0 Å². The Bertz CT molecular complexity index is 1090. The predicted molar refractivity (Wildman–Crippen MR) is 106 cm³/mol. The second-order valence-electron chi connectivity index (χ2n) is 5.80. The van der Waals surface area contributed by atoms with Crippen LogP contribution in [-0.2, 0) is 24.4 Å². The summed E-state index contributed by atoms with van der Waals surface area (Å²) in [5, 5.41) is 2.84. The molecule has 2 aromatic heterocycles. The molecule has 0 atom stereocenters. The van der Waals surface area contributed by atoms with Gasteiger partial charge < -0.3 is 9.88 Å². The molecule has 0 unspecified atom stereocenters. The fourth-order valence-corrected chi connectivity index (χ4v) is 3.90. The molecule has 3 aromatic rings. The molecule has 6 nitrogen and oxygen atoms in total. The number of amides is 1. The van der Waals surface area contributed by atoms with Crippen LogP contribution >= 0.6 is 23.6 Å². The van der Waals surface area contributed by atoms with Gasteiger partial charge in [-0.25, -0.2) is 4.98 Å². The Morgan fingerprint density at radius 3 is 2.92 bits per heavy atom. The molecule has 134 valence electrons. The topological polar surface area (TPSA) is 68.9 Å². The lowest BCUT2D eigenvalue weighted by Gasteiger charge is -2.09. The van der Waals surface area contributed by atoms with Gasteiger partial charge >= 0.3 is 0 Å². The van der Waals surface area contributed by atoms with Crippen molar-refractivity contribution in [3.05, 3.63) is 68.7 Å². The summed E-state index contributed by atoms with van der Waals surface area (Å²) < 4.78 is 4.07. The number of allylic oxidation sites excluding steroid dienone is 1. The molecule has 1 aromatic carbocycles. The molecule has 1 N–H and O–H groups in total. The monoisotopic (exact) mass is 386 g/mol. The van der Waals surface area contributed by atoms with E-state index in [0.29, 0.717) is 27.4 Å². The summed E-state index contributed by atoms with van der Waals surface area (Å²) in [5.41, 5.74) is 2.42. The molecule has 1 amide bonds. The third-order valence-corrected chi connectivity index (χ3v) is 5.43. The van der Waals surface area contributed by atoms with E-state index in [2.05, 4.69) is 16.9 Å². The summed E-state index contributed by atoms with van der Waals surface area (Å²) >= 11 is 6.48. The average Bonchev–Trinajstić information content (AvgIpc) is 2.94. The van der Waals surface area contributed by atoms with Gasteiger partial charge in [0.1, 0.15) is 17.6 Å².